The van der Waals surface area contributed by atoms with Gasteiger partial charge in [0.05, 0.1) is 11.5 Å². The van der Waals surface area contributed by atoms with Gasteiger partial charge in [-0.1, -0.05) is 23.7 Å². The minimum atomic E-state index is -3.07. The number of rotatable bonds is 5. The number of ether oxygens (including phenoxy) is 1. The van der Waals surface area contributed by atoms with E-state index >= 15 is 0 Å². The van der Waals surface area contributed by atoms with Gasteiger partial charge in [0.25, 0.3) is 5.91 Å². The second kappa shape index (κ2) is 7.77. The van der Waals surface area contributed by atoms with Gasteiger partial charge in [-0.2, -0.15) is 0 Å². The molecule has 6 nitrogen and oxygen atoms in total. The van der Waals surface area contributed by atoms with Crippen molar-refractivity contribution >= 4 is 44.7 Å². The predicted octanol–water partition coefficient (Wildman–Crippen LogP) is 2.53. The highest BCUT2D eigenvalue weighted by molar-refractivity contribution is 7.91. The Balaban J connectivity index is 1.52. The molecule has 26 heavy (non-hydrogen) atoms. The molecule has 0 bridgehead atoms. The fourth-order valence-electron chi connectivity index (χ4n) is 2.60. The van der Waals surface area contributed by atoms with E-state index in [1.807, 2.05) is 12.1 Å². The van der Waals surface area contributed by atoms with Crippen molar-refractivity contribution in [2.45, 2.75) is 12.5 Å². The molecule has 138 valence electrons. The van der Waals surface area contributed by atoms with Gasteiger partial charge in [0, 0.05) is 15.9 Å². The van der Waals surface area contributed by atoms with Crippen LogP contribution in [0.3, 0.4) is 0 Å². The number of benzene rings is 1. The Kier molecular flexibility index (Phi) is 5.64. The number of hydrogen-bond acceptors (Lipinski definition) is 6. The molecule has 1 atom stereocenters. The SMILES string of the molecule is O=C(COC(=O)c1ccc(-c2ccc(Cl)cc2)s1)N[C@H]1CCS(=O)(=O)C1. The van der Waals surface area contributed by atoms with Crippen molar-refractivity contribution in [3.8, 4) is 10.4 Å². The number of halogens is 1. The summed E-state index contributed by atoms with van der Waals surface area (Å²) < 4.78 is 27.7. The van der Waals surface area contributed by atoms with Crippen LogP contribution in [0.5, 0.6) is 0 Å². The molecule has 0 radical (unpaired) electrons. The Morgan fingerprint density at radius 2 is 1.92 bits per heavy atom. The van der Waals surface area contributed by atoms with E-state index in [1.165, 1.54) is 11.3 Å². The summed E-state index contributed by atoms with van der Waals surface area (Å²) in [4.78, 5) is 25.2. The van der Waals surface area contributed by atoms with Gasteiger partial charge in [0.15, 0.2) is 16.4 Å². The number of amides is 1. The first-order chi connectivity index (χ1) is 12.3. The molecule has 1 saturated heterocycles. The van der Waals surface area contributed by atoms with Crippen molar-refractivity contribution in [2.24, 2.45) is 0 Å². The summed E-state index contributed by atoms with van der Waals surface area (Å²) in [6.07, 6.45) is 0.386. The topological polar surface area (TPSA) is 89.5 Å². The Morgan fingerprint density at radius 3 is 2.58 bits per heavy atom. The number of thiophene rings is 1. The first-order valence-corrected chi connectivity index (χ1v) is 10.9. The normalized spacial score (nSPS) is 18.4. The average molecular weight is 414 g/mol. The van der Waals surface area contributed by atoms with Crippen LogP contribution in [0.1, 0.15) is 16.1 Å². The highest BCUT2D eigenvalue weighted by Crippen LogP contribution is 2.29. The van der Waals surface area contributed by atoms with E-state index in [0.29, 0.717) is 16.3 Å². The smallest absolute Gasteiger partial charge is 0.348 e. The third kappa shape index (κ3) is 4.84. The Bertz CT molecular complexity index is 921. The third-order valence-corrected chi connectivity index (χ3v) is 7.00. The van der Waals surface area contributed by atoms with Gasteiger partial charge < -0.3 is 10.1 Å². The number of sulfone groups is 1. The van der Waals surface area contributed by atoms with Gasteiger partial charge in [-0.25, -0.2) is 13.2 Å². The van der Waals surface area contributed by atoms with Crippen LogP contribution in [0.2, 0.25) is 5.02 Å². The standard InChI is InChI=1S/C17H16ClNO5S2/c18-12-3-1-11(2-4-12)14-5-6-15(25-14)17(21)24-9-16(20)19-13-7-8-26(22,23)10-13/h1-6,13H,7-10H2,(H,19,20)/t13-/m0/s1. The monoisotopic (exact) mass is 413 g/mol. The van der Waals surface area contributed by atoms with E-state index in [0.717, 1.165) is 10.4 Å². The van der Waals surface area contributed by atoms with E-state index in [9.17, 15) is 18.0 Å². The molecule has 0 unspecified atom stereocenters. The molecule has 0 spiro atoms. The summed E-state index contributed by atoms with van der Waals surface area (Å²) in [6.45, 7) is -0.441. The molecular formula is C17H16ClNO5S2. The minimum absolute atomic E-state index is 0.0674. The predicted molar refractivity (Wildman–Crippen MR) is 100 cm³/mol. The summed E-state index contributed by atoms with van der Waals surface area (Å²) in [5, 5.41) is 3.20. The van der Waals surface area contributed by atoms with Crippen molar-refractivity contribution in [2.75, 3.05) is 18.1 Å². The van der Waals surface area contributed by atoms with Gasteiger partial charge in [-0.3, -0.25) is 4.79 Å². The van der Waals surface area contributed by atoms with Crippen molar-refractivity contribution in [3.05, 3.63) is 46.3 Å². The summed E-state index contributed by atoms with van der Waals surface area (Å²) in [7, 11) is -3.07. The molecule has 2 heterocycles. The molecule has 1 fully saturated rings. The van der Waals surface area contributed by atoms with E-state index in [-0.39, 0.29) is 11.5 Å². The van der Waals surface area contributed by atoms with Crippen molar-refractivity contribution < 1.29 is 22.7 Å². The van der Waals surface area contributed by atoms with Crippen LogP contribution in [0.4, 0.5) is 0 Å². The van der Waals surface area contributed by atoms with Crippen LogP contribution in [0, 0.1) is 0 Å². The van der Waals surface area contributed by atoms with E-state index in [4.69, 9.17) is 16.3 Å². The zero-order valence-corrected chi connectivity index (χ0v) is 16.0. The van der Waals surface area contributed by atoms with E-state index < -0.39 is 34.4 Å². The zero-order chi connectivity index (χ0) is 18.7. The quantitative estimate of drug-likeness (QED) is 0.761. The molecule has 1 aromatic carbocycles. The zero-order valence-electron chi connectivity index (χ0n) is 13.6. The molecule has 0 saturated carbocycles. The maximum Gasteiger partial charge on any atom is 0.348 e. The van der Waals surface area contributed by atoms with Gasteiger partial charge in [-0.05, 0) is 36.2 Å². The number of carbonyl (C=O) groups excluding carboxylic acids is 2. The first-order valence-electron chi connectivity index (χ1n) is 7.85. The lowest BCUT2D eigenvalue weighted by molar-refractivity contribution is -0.124. The van der Waals surface area contributed by atoms with Crippen LogP contribution < -0.4 is 5.32 Å². The molecule has 1 aliphatic rings. The average Bonchev–Trinajstić information content (AvgIpc) is 3.20. The molecular weight excluding hydrogens is 398 g/mol. The molecule has 1 aromatic heterocycles. The fraction of sp³-hybridized carbons (Fsp3) is 0.294. The Morgan fingerprint density at radius 1 is 1.19 bits per heavy atom. The van der Waals surface area contributed by atoms with Crippen LogP contribution in [-0.4, -0.2) is 44.4 Å². The van der Waals surface area contributed by atoms with Crippen LogP contribution in [0.15, 0.2) is 36.4 Å². The number of hydrogen-bond donors (Lipinski definition) is 1. The van der Waals surface area contributed by atoms with Crippen molar-refractivity contribution in [3.63, 3.8) is 0 Å². The molecule has 9 heteroatoms. The fourth-order valence-corrected chi connectivity index (χ4v) is 5.30. The molecule has 3 rings (SSSR count). The van der Waals surface area contributed by atoms with E-state index in [2.05, 4.69) is 5.32 Å². The number of carbonyl (C=O) groups is 2. The van der Waals surface area contributed by atoms with E-state index in [1.54, 1.807) is 24.3 Å². The Hall–Kier alpha value is -1.90. The van der Waals surface area contributed by atoms with Gasteiger partial charge >= 0.3 is 5.97 Å². The van der Waals surface area contributed by atoms with Gasteiger partial charge in [0.1, 0.15) is 4.88 Å². The maximum absolute atomic E-state index is 12.1. The van der Waals surface area contributed by atoms with Crippen LogP contribution in [0.25, 0.3) is 10.4 Å². The first kappa shape index (κ1) is 18.9. The highest BCUT2D eigenvalue weighted by atomic mass is 35.5. The van der Waals surface area contributed by atoms with Crippen LogP contribution >= 0.6 is 22.9 Å². The lowest BCUT2D eigenvalue weighted by Crippen LogP contribution is -2.38. The largest absolute Gasteiger partial charge is 0.451 e. The van der Waals surface area contributed by atoms with Crippen LogP contribution in [-0.2, 0) is 19.4 Å². The molecule has 0 aliphatic carbocycles. The van der Waals surface area contributed by atoms with Crippen molar-refractivity contribution in [1.82, 2.24) is 5.32 Å². The summed E-state index contributed by atoms with van der Waals surface area (Å²) in [5.74, 6) is -1.10. The minimum Gasteiger partial charge on any atom is -0.451 e. The summed E-state index contributed by atoms with van der Waals surface area (Å²) >= 11 is 7.12. The maximum atomic E-state index is 12.1. The second-order valence-electron chi connectivity index (χ2n) is 5.91. The molecule has 1 amide bonds. The van der Waals surface area contributed by atoms with Crippen molar-refractivity contribution in [1.29, 1.82) is 0 Å². The third-order valence-electron chi connectivity index (χ3n) is 3.87. The summed E-state index contributed by atoms with van der Waals surface area (Å²) in [5.41, 5.74) is 0.929. The Labute approximate surface area is 160 Å². The lowest BCUT2D eigenvalue weighted by Gasteiger charge is -2.10. The second-order valence-corrected chi connectivity index (χ2v) is 9.66. The number of nitrogens with one attached hydrogen (secondary N) is 1. The number of esters is 1. The molecule has 1 aliphatic heterocycles. The molecule has 2 aromatic rings. The molecule has 1 N–H and O–H groups in total. The highest BCUT2D eigenvalue weighted by Gasteiger charge is 2.29. The summed E-state index contributed by atoms with van der Waals surface area (Å²) in [6, 6.07) is 10.3. The lowest BCUT2D eigenvalue weighted by atomic mass is 10.2. The van der Waals surface area contributed by atoms with Gasteiger partial charge in [-0.15, -0.1) is 11.3 Å². The van der Waals surface area contributed by atoms with Gasteiger partial charge in [0.2, 0.25) is 0 Å².